The van der Waals surface area contributed by atoms with Crippen molar-refractivity contribution in [3.63, 3.8) is 0 Å². The number of benzene rings is 1. The molecule has 1 aromatic heterocycles. The second-order valence-corrected chi connectivity index (χ2v) is 9.77. The van der Waals surface area contributed by atoms with Crippen LogP contribution in [0.25, 0.3) is 0 Å². The molecule has 4 rings (SSSR count). The van der Waals surface area contributed by atoms with Gasteiger partial charge in [0.15, 0.2) is 25.5 Å². The third kappa shape index (κ3) is 3.74. The maximum absolute atomic E-state index is 12.0. The first kappa shape index (κ1) is 18.5. The van der Waals surface area contributed by atoms with Gasteiger partial charge >= 0.3 is 0 Å². The van der Waals surface area contributed by atoms with Crippen LogP contribution in [0.15, 0.2) is 16.3 Å². The van der Waals surface area contributed by atoms with E-state index in [9.17, 15) is 8.42 Å². The highest BCUT2D eigenvalue weighted by atomic mass is 32.2. The third-order valence-electron chi connectivity index (χ3n) is 4.88. The van der Waals surface area contributed by atoms with Gasteiger partial charge in [-0.3, -0.25) is 4.90 Å². The van der Waals surface area contributed by atoms with Gasteiger partial charge < -0.3 is 14.2 Å². The van der Waals surface area contributed by atoms with Crippen molar-refractivity contribution in [3.8, 4) is 17.2 Å². The highest BCUT2D eigenvalue weighted by molar-refractivity contribution is 7.92. The standard InChI is InChI=1S/C17H21N3O5S2/c1-23-13-7-15-14(24-10-25-15)6-12(13)9-20-5-3-4-11(8-20)16-17(26-19-18-16)27(2,21)22/h6-7,11H,3-5,8-10H2,1-2H3. The lowest BCUT2D eigenvalue weighted by molar-refractivity contribution is 0.173. The quantitative estimate of drug-likeness (QED) is 0.738. The molecule has 0 radical (unpaired) electrons. The molecular weight excluding hydrogens is 390 g/mol. The molecule has 10 heteroatoms. The molecule has 2 aromatic rings. The summed E-state index contributed by atoms with van der Waals surface area (Å²) in [6, 6.07) is 3.81. The minimum absolute atomic E-state index is 0.0576. The van der Waals surface area contributed by atoms with Crippen molar-refractivity contribution in [2.45, 2.75) is 29.5 Å². The molecule has 1 fully saturated rings. The number of piperidine rings is 1. The number of hydrogen-bond acceptors (Lipinski definition) is 9. The molecule has 0 spiro atoms. The van der Waals surface area contributed by atoms with Gasteiger partial charge in [-0.2, -0.15) is 0 Å². The maximum atomic E-state index is 12.0. The van der Waals surface area contributed by atoms with E-state index >= 15 is 0 Å². The van der Waals surface area contributed by atoms with Crippen molar-refractivity contribution >= 4 is 21.4 Å². The van der Waals surface area contributed by atoms with E-state index in [0.29, 0.717) is 18.0 Å². The van der Waals surface area contributed by atoms with Gasteiger partial charge in [0.25, 0.3) is 0 Å². The Hall–Kier alpha value is -1.91. The monoisotopic (exact) mass is 411 g/mol. The summed E-state index contributed by atoms with van der Waals surface area (Å²) in [4.78, 5) is 2.29. The zero-order valence-electron chi connectivity index (χ0n) is 15.2. The fraction of sp³-hybridized carbons (Fsp3) is 0.529. The number of ether oxygens (including phenoxy) is 3. The molecule has 0 saturated carbocycles. The van der Waals surface area contributed by atoms with Gasteiger partial charge in [-0.05, 0) is 25.5 Å². The summed E-state index contributed by atoms with van der Waals surface area (Å²) in [5.41, 5.74) is 1.62. The first-order valence-electron chi connectivity index (χ1n) is 8.67. The van der Waals surface area contributed by atoms with Crippen molar-refractivity contribution < 1.29 is 22.6 Å². The Labute approximate surface area is 162 Å². The molecule has 3 heterocycles. The molecule has 0 bridgehead atoms. The summed E-state index contributed by atoms with van der Waals surface area (Å²) in [5, 5.41) is 4.13. The first-order chi connectivity index (χ1) is 13.0. The molecule has 2 aliphatic heterocycles. The highest BCUT2D eigenvalue weighted by Crippen LogP contribution is 2.39. The van der Waals surface area contributed by atoms with Crippen LogP contribution in [0.5, 0.6) is 17.2 Å². The molecule has 27 heavy (non-hydrogen) atoms. The predicted molar refractivity (Wildman–Crippen MR) is 99.4 cm³/mol. The molecule has 2 aliphatic rings. The van der Waals surface area contributed by atoms with Crippen molar-refractivity contribution in [1.82, 2.24) is 14.5 Å². The Balaban J connectivity index is 1.54. The predicted octanol–water partition coefficient (Wildman–Crippen LogP) is 2.06. The fourth-order valence-electron chi connectivity index (χ4n) is 3.64. The molecule has 1 unspecified atom stereocenters. The molecule has 146 valence electrons. The van der Waals surface area contributed by atoms with Crippen LogP contribution in [-0.2, 0) is 16.4 Å². The second kappa shape index (κ2) is 7.25. The van der Waals surface area contributed by atoms with E-state index in [4.69, 9.17) is 14.2 Å². The van der Waals surface area contributed by atoms with Crippen LogP contribution in [0, 0.1) is 0 Å². The normalized spacial score (nSPS) is 20.0. The number of nitrogens with zero attached hydrogens (tertiary/aromatic N) is 3. The first-order valence-corrected chi connectivity index (χ1v) is 11.3. The minimum atomic E-state index is -3.31. The highest BCUT2D eigenvalue weighted by Gasteiger charge is 2.30. The number of sulfone groups is 1. The zero-order valence-corrected chi connectivity index (χ0v) is 16.8. The summed E-state index contributed by atoms with van der Waals surface area (Å²) in [7, 11) is -1.67. The van der Waals surface area contributed by atoms with Crippen LogP contribution in [0.2, 0.25) is 0 Å². The average molecular weight is 412 g/mol. The Bertz CT molecular complexity index is 944. The molecule has 0 aliphatic carbocycles. The van der Waals surface area contributed by atoms with E-state index in [1.165, 1.54) is 6.26 Å². The topological polar surface area (TPSA) is 90.9 Å². The fourth-order valence-corrected chi connectivity index (χ4v) is 5.37. The number of rotatable bonds is 5. The summed E-state index contributed by atoms with van der Waals surface area (Å²) >= 11 is 0.957. The van der Waals surface area contributed by atoms with Gasteiger partial charge in [-0.15, -0.1) is 5.10 Å². The molecule has 1 saturated heterocycles. The van der Waals surface area contributed by atoms with Crippen molar-refractivity contribution in [3.05, 3.63) is 23.4 Å². The Morgan fingerprint density at radius 2 is 2.11 bits per heavy atom. The largest absolute Gasteiger partial charge is 0.496 e. The van der Waals surface area contributed by atoms with Crippen LogP contribution >= 0.6 is 11.5 Å². The Morgan fingerprint density at radius 3 is 2.85 bits per heavy atom. The number of aromatic nitrogens is 2. The van der Waals surface area contributed by atoms with E-state index in [-0.39, 0.29) is 16.9 Å². The second-order valence-electron chi connectivity index (χ2n) is 6.81. The van der Waals surface area contributed by atoms with Crippen LogP contribution in [0.4, 0.5) is 0 Å². The number of hydrogen-bond donors (Lipinski definition) is 0. The van der Waals surface area contributed by atoms with Gasteiger partial charge in [0.05, 0.1) is 12.8 Å². The van der Waals surface area contributed by atoms with E-state index < -0.39 is 9.84 Å². The molecular formula is C17H21N3O5S2. The molecule has 1 atom stereocenters. The SMILES string of the molecule is COc1cc2c(cc1CN1CCCC(c3nnsc3S(C)(=O)=O)C1)OCO2. The maximum Gasteiger partial charge on any atom is 0.231 e. The summed E-state index contributed by atoms with van der Waals surface area (Å²) in [6.45, 7) is 2.56. The smallest absolute Gasteiger partial charge is 0.231 e. The van der Waals surface area contributed by atoms with Crippen LogP contribution in [-0.4, -0.2) is 56.2 Å². The van der Waals surface area contributed by atoms with Gasteiger partial charge in [-0.25, -0.2) is 8.42 Å². The zero-order chi connectivity index (χ0) is 19.0. The van der Waals surface area contributed by atoms with Gasteiger partial charge in [0.2, 0.25) is 6.79 Å². The lowest BCUT2D eigenvalue weighted by atomic mass is 9.95. The summed E-state index contributed by atoms with van der Waals surface area (Å²) < 4.78 is 44.6. The van der Waals surface area contributed by atoms with Crippen molar-refractivity contribution in [2.75, 3.05) is 33.2 Å². The average Bonchev–Trinajstić information content (AvgIpc) is 3.30. The molecule has 8 nitrogen and oxygen atoms in total. The number of likely N-dealkylation sites (tertiary alicyclic amines) is 1. The van der Waals surface area contributed by atoms with Crippen LogP contribution < -0.4 is 14.2 Å². The van der Waals surface area contributed by atoms with E-state index in [1.807, 2.05) is 12.1 Å². The summed E-state index contributed by atoms with van der Waals surface area (Å²) in [5.74, 6) is 2.23. The molecule has 0 N–H and O–H groups in total. The molecule has 0 amide bonds. The van der Waals surface area contributed by atoms with Gasteiger partial charge in [-0.1, -0.05) is 4.49 Å². The van der Waals surface area contributed by atoms with E-state index in [2.05, 4.69) is 14.5 Å². The van der Waals surface area contributed by atoms with E-state index in [0.717, 1.165) is 54.5 Å². The van der Waals surface area contributed by atoms with Crippen LogP contribution in [0.3, 0.4) is 0 Å². The number of fused-ring (bicyclic) bond motifs is 1. The lowest BCUT2D eigenvalue weighted by Gasteiger charge is -2.32. The Kier molecular flexibility index (Phi) is 4.95. The number of methoxy groups -OCH3 is 1. The molecule has 1 aromatic carbocycles. The summed E-state index contributed by atoms with van der Waals surface area (Å²) in [6.07, 6.45) is 3.09. The van der Waals surface area contributed by atoms with Crippen LogP contribution in [0.1, 0.15) is 30.0 Å². The Morgan fingerprint density at radius 1 is 1.33 bits per heavy atom. The minimum Gasteiger partial charge on any atom is -0.496 e. The van der Waals surface area contributed by atoms with Crippen molar-refractivity contribution in [2.24, 2.45) is 0 Å². The lowest BCUT2D eigenvalue weighted by Crippen LogP contribution is -2.34. The third-order valence-corrected chi connectivity index (χ3v) is 7.43. The van der Waals surface area contributed by atoms with E-state index in [1.54, 1.807) is 7.11 Å². The van der Waals surface area contributed by atoms with Gasteiger partial charge in [0.1, 0.15) is 5.75 Å². The van der Waals surface area contributed by atoms with Crippen molar-refractivity contribution in [1.29, 1.82) is 0 Å². The van der Waals surface area contributed by atoms with Gasteiger partial charge in [0, 0.05) is 48.4 Å².